The van der Waals surface area contributed by atoms with E-state index in [0.29, 0.717) is 36.6 Å². The van der Waals surface area contributed by atoms with Gasteiger partial charge in [0.2, 0.25) is 0 Å². The second kappa shape index (κ2) is 31.1. The Bertz CT molecular complexity index is 595. The molecular weight excluding hydrogens is 679 g/mol. The Morgan fingerprint density at radius 1 is 0.512 bits per heavy atom. The standard InChI is InChI=1S/2C10H20O2S.2C8H17.Sn/c2*1-3-5-6-9(4-2)7-12-10(11)8-13;2*1-3-5-7-8-6-4-2;/h2*9,13H,3-8H2,1-2H3;2*1,3-8H2,2H3;/q;;;;+2/p-2/t2*9-;;;/m11.../s1. The van der Waals surface area contributed by atoms with Crippen molar-refractivity contribution in [2.45, 2.75) is 179 Å². The van der Waals surface area contributed by atoms with Crippen LogP contribution in [0.15, 0.2) is 0 Å². The fourth-order valence-corrected chi connectivity index (χ4v) is 32.4. The maximum absolute atomic E-state index is 13.0. The van der Waals surface area contributed by atoms with E-state index in [1.165, 1.54) is 112 Å². The summed E-state index contributed by atoms with van der Waals surface area (Å²) in [6.07, 6.45) is 24.6. The molecule has 256 valence electrons. The zero-order valence-electron chi connectivity index (χ0n) is 29.5. The molecule has 0 spiro atoms. The second-order valence-electron chi connectivity index (χ2n) is 12.7. The number of carbonyl (C=O) groups excluding carboxylic acids is 2. The van der Waals surface area contributed by atoms with Crippen LogP contribution in [0, 0.1) is 11.8 Å². The molecule has 0 aliphatic rings. The van der Waals surface area contributed by atoms with E-state index in [1.54, 1.807) is 0 Å². The predicted molar refractivity (Wildman–Crippen MR) is 196 cm³/mol. The number of carbonyl (C=O) groups is 2. The van der Waals surface area contributed by atoms with Gasteiger partial charge in [-0.25, -0.2) is 0 Å². The number of ether oxygens (including phenoxy) is 2. The average molecular weight is 752 g/mol. The summed E-state index contributed by atoms with van der Waals surface area (Å²) in [6.45, 7) is 14.5. The normalized spacial score (nSPS) is 13.2. The third kappa shape index (κ3) is 25.2. The zero-order chi connectivity index (χ0) is 32.0. The summed E-state index contributed by atoms with van der Waals surface area (Å²) in [4.78, 5) is 26.0. The van der Waals surface area contributed by atoms with E-state index in [-0.39, 0.29) is 11.9 Å². The SMILES string of the molecule is CCCCCCC[CH2][Sn]([CH2]CCCCCCC)([S]CC(=O)OC[C@H](CC)CCCC)[S]CC(=O)OC[C@H](CC)CCCC. The molecule has 0 rings (SSSR count). The molecule has 0 aromatic heterocycles. The van der Waals surface area contributed by atoms with Crippen molar-refractivity contribution in [3.8, 4) is 0 Å². The van der Waals surface area contributed by atoms with Crippen LogP contribution in [0.4, 0.5) is 0 Å². The molecule has 4 nitrogen and oxygen atoms in total. The van der Waals surface area contributed by atoms with Crippen molar-refractivity contribution in [1.29, 1.82) is 0 Å². The first-order chi connectivity index (χ1) is 20.9. The number of unbranched alkanes of at least 4 members (excludes halogenated alkanes) is 12. The van der Waals surface area contributed by atoms with Gasteiger partial charge in [0.25, 0.3) is 0 Å². The van der Waals surface area contributed by atoms with E-state index in [0.717, 1.165) is 25.7 Å². The summed E-state index contributed by atoms with van der Waals surface area (Å²) >= 11 is -2.95. The Kier molecular flexibility index (Phi) is 31.4. The minimum atomic E-state index is -2.95. The van der Waals surface area contributed by atoms with Crippen LogP contribution in [0.1, 0.15) is 170 Å². The van der Waals surface area contributed by atoms with Crippen molar-refractivity contribution in [1.82, 2.24) is 0 Å². The molecule has 0 aromatic carbocycles. The molecule has 0 saturated carbocycles. The molecule has 0 N–H and O–H groups in total. The molecule has 0 aliphatic heterocycles. The molecule has 0 radical (unpaired) electrons. The average Bonchev–Trinajstić information content (AvgIpc) is 3.02. The minimum absolute atomic E-state index is 0.0446. The molecule has 0 aliphatic carbocycles. The van der Waals surface area contributed by atoms with Crippen molar-refractivity contribution >= 4 is 45.4 Å². The zero-order valence-corrected chi connectivity index (χ0v) is 34.0. The fourth-order valence-electron chi connectivity index (χ4n) is 5.49. The Labute approximate surface area is 278 Å². The van der Waals surface area contributed by atoms with Gasteiger partial charge in [0, 0.05) is 0 Å². The van der Waals surface area contributed by atoms with Crippen LogP contribution in [0.3, 0.4) is 0 Å². The Morgan fingerprint density at radius 2 is 0.860 bits per heavy atom. The van der Waals surface area contributed by atoms with Crippen LogP contribution in [0.2, 0.25) is 8.87 Å². The first-order valence-electron chi connectivity index (χ1n) is 18.5. The number of rotatable bonds is 32. The first-order valence-corrected chi connectivity index (χ1v) is 31.5. The number of hydrogen-bond acceptors (Lipinski definition) is 6. The van der Waals surface area contributed by atoms with Gasteiger partial charge in [0.15, 0.2) is 0 Å². The Hall–Kier alpha value is 0.439. The monoisotopic (exact) mass is 752 g/mol. The van der Waals surface area contributed by atoms with E-state index < -0.39 is 15.6 Å². The van der Waals surface area contributed by atoms with Gasteiger partial charge in [-0.15, -0.1) is 0 Å². The molecule has 0 unspecified atom stereocenters. The van der Waals surface area contributed by atoms with Crippen molar-refractivity contribution in [3.05, 3.63) is 0 Å². The van der Waals surface area contributed by atoms with Crippen LogP contribution in [0.5, 0.6) is 0 Å². The molecule has 7 heteroatoms. The maximum atomic E-state index is 13.0. The van der Waals surface area contributed by atoms with Crippen molar-refractivity contribution < 1.29 is 19.1 Å². The van der Waals surface area contributed by atoms with Crippen LogP contribution >= 0.6 is 17.9 Å². The summed E-state index contributed by atoms with van der Waals surface area (Å²) in [7, 11) is 3.93. The summed E-state index contributed by atoms with van der Waals surface area (Å²) in [6, 6.07) is 0. The number of esters is 2. The summed E-state index contributed by atoms with van der Waals surface area (Å²) in [5.74, 6) is 1.78. The van der Waals surface area contributed by atoms with Crippen LogP contribution < -0.4 is 0 Å². The van der Waals surface area contributed by atoms with Gasteiger partial charge in [-0.3, -0.25) is 0 Å². The van der Waals surface area contributed by atoms with Crippen LogP contribution in [-0.2, 0) is 19.1 Å². The summed E-state index contributed by atoms with van der Waals surface area (Å²) in [5, 5.41) is 0. The Balaban J connectivity index is 5.40. The van der Waals surface area contributed by atoms with Crippen molar-refractivity contribution in [2.24, 2.45) is 11.8 Å². The fraction of sp³-hybridized carbons (Fsp3) is 0.944. The van der Waals surface area contributed by atoms with E-state index >= 15 is 0 Å². The topological polar surface area (TPSA) is 52.6 Å². The van der Waals surface area contributed by atoms with Gasteiger partial charge < -0.3 is 0 Å². The molecule has 43 heavy (non-hydrogen) atoms. The third-order valence-electron chi connectivity index (χ3n) is 8.78. The van der Waals surface area contributed by atoms with Crippen molar-refractivity contribution in [2.75, 3.05) is 24.7 Å². The van der Waals surface area contributed by atoms with Crippen molar-refractivity contribution in [3.63, 3.8) is 0 Å². The molecule has 0 aromatic rings. The summed E-state index contributed by atoms with van der Waals surface area (Å²) in [5.41, 5.74) is 0. The van der Waals surface area contributed by atoms with E-state index in [9.17, 15) is 9.59 Å². The third-order valence-corrected chi connectivity index (χ3v) is 38.7. The van der Waals surface area contributed by atoms with Gasteiger partial charge in [0.1, 0.15) is 0 Å². The van der Waals surface area contributed by atoms with Crippen LogP contribution in [-0.4, -0.2) is 52.3 Å². The van der Waals surface area contributed by atoms with Gasteiger partial charge >= 0.3 is 280 Å². The van der Waals surface area contributed by atoms with Gasteiger partial charge in [-0.05, 0) is 0 Å². The van der Waals surface area contributed by atoms with Gasteiger partial charge in [0.05, 0.1) is 0 Å². The second-order valence-corrected chi connectivity index (χ2v) is 39.1. The Morgan fingerprint density at radius 3 is 1.21 bits per heavy atom. The van der Waals surface area contributed by atoms with Gasteiger partial charge in [-0.2, -0.15) is 0 Å². The van der Waals surface area contributed by atoms with E-state index in [2.05, 4.69) is 41.5 Å². The summed E-state index contributed by atoms with van der Waals surface area (Å²) < 4.78 is 14.2. The molecule has 2 atom stereocenters. The van der Waals surface area contributed by atoms with E-state index in [1.807, 2.05) is 17.9 Å². The predicted octanol–water partition coefficient (Wildman–Crippen LogP) is 12.1. The molecule has 0 heterocycles. The van der Waals surface area contributed by atoms with E-state index in [4.69, 9.17) is 9.47 Å². The van der Waals surface area contributed by atoms with Gasteiger partial charge in [-0.1, -0.05) is 0 Å². The molecule has 0 saturated heterocycles. The molecule has 0 bridgehead atoms. The molecule has 0 fully saturated rings. The van der Waals surface area contributed by atoms with Crippen LogP contribution in [0.25, 0.3) is 0 Å². The first kappa shape index (κ1) is 43.4. The molecular formula is C36H72O4S2Sn. The molecule has 0 amide bonds. The number of hydrogen-bond donors (Lipinski definition) is 0. The quantitative estimate of drug-likeness (QED) is 0.0388.